The molecule has 1 aliphatic heterocycles. The van der Waals surface area contributed by atoms with E-state index < -0.39 is 0 Å². The topological polar surface area (TPSA) is 49.6 Å². The monoisotopic (exact) mass is 605 g/mol. The van der Waals surface area contributed by atoms with E-state index in [0.717, 1.165) is 55.6 Å². The van der Waals surface area contributed by atoms with E-state index in [2.05, 4.69) is 156 Å². The predicted molar refractivity (Wildman–Crippen MR) is 193 cm³/mol. The van der Waals surface area contributed by atoms with Crippen molar-refractivity contribution in [3.8, 4) is 22.3 Å². The molecule has 2 atom stereocenters. The summed E-state index contributed by atoms with van der Waals surface area (Å²) in [6.45, 7) is 0. The summed E-state index contributed by atoms with van der Waals surface area (Å²) >= 11 is 0. The third-order valence-electron chi connectivity index (χ3n) is 9.16. The first-order chi connectivity index (χ1) is 23.3. The zero-order valence-corrected chi connectivity index (χ0v) is 25.6. The molecule has 0 bridgehead atoms. The van der Waals surface area contributed by atoms with Gasteiger partial charge in [0.25, 0.3) is 0 Å². The van der Waals surface area contributed by atoms with Crippen LogP contribution in [0.4, 0.5) is 0 Å². The van der Waals surface area contributed by atoms with Crippen molar-refractivity contribution in [2.24, 2.45) is 4.99 Å². The van der Waals surface area contributed by atoms with Gasteiger partial charge in [-0.05, 0) is 68.4 Å². The van der Waals surface area contributed by atoms with Crippen molar-refractivity contribution in [2.75, 3.05) is 0 Å². The molecule has 2 unspecified atom stereocenters. The maximum atomic E-state index is 6.28. The molecule has 8 aromatic rings. The summed E-state index contributed by atoms with van der Waals surface area (Å²) in [5.74, 6) is 0.845. The zero-order chi connectivity index (χ0) is 31.2. The van der Waals surface area contributed by atoms with Crippen LogP contribution < -0.4 is 10.6 Å². The lowest BCUT2D eigenvalue weighted by Gasteiger charge is -2.33. The summed E-state index contributed by atoms with van der Waals surface area (Å²) < 4.78 is 6.28. The molecule has 2 N–H and O–H groups in total. The third kappa shape index (κ3) is 4.96. The van der Waals surface area contributed by atoms with Crippen LogP contribution in [0.1, 0.15) is 29.0 Å². The number of rotatable bonds is 5. The molecule has 0 radical (unpaired) electrons. The lowest BCUT2D eigenvalue weighted by atomic mass is 9.94. The van der Waals surface area contributed by atoms with E-state index >= 15 is 0 Å². The van der Waals surface area contributed by atoms with Gasteiger partial charge in [0.05, 0.1) is 0 Å². The highest BCUT2D eigenvalue weighted by Gasteiger charge is 2.27. The largest absolute Gasteiger partial charge is 0.456 e. The fourth-order valence-electron chi connectivity index (χ4n) is 6.87. The van der Waals surface area contributed by atoms with E-state index in [4.69, 9.17) is 9.41 Å². The molecule has 9 rings (SSSR count). The number of furan rings is 1. The summed E-state index contributed by atoms with van der Waals surface area (Å²) in [4.78, 5) is 5.38. The molecule has 1 aromatic heterocycles. The summed E-state index contributed by atoms with van der Waals surface area (Å²) in [6.07, 6.45) is -0.443. The summed E-state index contributed by atoms with van der Waals surface area (Å²) in [5.41, 5.74) is 9.65. The molecule has 4 nitrogen and oxygen atoms in total. The van der Waals surface area contributed by atoms with Gasteiger partial charge < -0.3 is 9.73 Å². The molecule has 4 heteroatoms. The van der Waals surface area contributed by atoms with E-state index in [9.17, 15) is 0 Å². The van der Waals surface area contributed by atoms with Gasteiger partial charge in [0, 0.05) is 16.3 Å². The van der Waals surface area contributed by atoms with Gasteiger partial charge in [-0.25, -0.2) is 4.99 Å². The van der Waals surface area contributed by atoms with E-state index in [1.54, 1.807) is 0 Å². The minimum Gasteiger partial charge on any atom is -0.456 e. The fraction of sp³-hybridized carbons (Fsp3) is 0.0465. The van der Waals surface area contributed by atoms with Gasteiger partial charge >= 0.3 is 0 Å². The van der Waals surface area contributed by atoms with E-state index in [0.29, 0.717) is 0 Å². The molecule has 1 aliphatic rings. The molecule has 7 aromatic carbocycles. The molecule has 224 valence electrons. The van der Waals surface area contributed by atoms with E-state index in [-0.39, 0.29) is 12.3 Å². The fourth-order valence-corrected chi connectivity index (χ4v) is 6.87. The Morgan fingerprint density at radius 2 is 1.19 bits per heavy atom. The van der Waals surface area contributed by atoms with Crippen LogP contribution in [0, 0.1) is 0 Å². The van der Waals surface area contributed by atoms with E-state index in [1.807, 2.05) is 18.2 Å². The van der Waals surface area contributed by atoms with Crippen LogP contribution >= 0.6 is 0 Å². The van der Waals surface area contributed by atoms with Crippen molar-refractivity contribution in [1.29, 1.82) is 0 Å². The Labute approximate surface area is 273 Å². The average Bonchev–Trinajstić information content (AvgIpc) is 3.54. The molecule has 0 aliphatic carbocycles. The Bertz CT molecular complexity index is 2440. The van der Waals surface area contributed by atoms with Crippen molar-refractivity contribution in [3.63, 3.8) is 0 Å². The van der Waals surface area contributed by atoms with Crippen LogP contribution in [0.15, 0.2) is 173 Å². The van der Waals surface area contributed by atoms with Crippen molar-refractivity contribution in [1.82, 2.24) is 10.6 Å². The van der Waals surface area contributed by atoms with Gasteiger partial charge in [0.2, 0.25) is 0 Å². The van der Waals surface area contributed by atoms with Gasteiger partial charge in [0.1, 0.15) is 29.3 Å². The Kier molecular flexibility index (Phi) is 6.65. The number of para-hydroxylation sites is 1. The minimum absolute atomic E-state index is 0.170. The maximum Gasteiger partial charge on any atom is 0.136 e. The first-order valence-corrected chi connectivity index (χ1v) is 16.0. The Morgan fingerprint density at radius 1 is 0.489 bits per heavy atom. The lowest BCUT2D eigenvalue weighted by Crippen LogP contribution is -2.45. The molecule has 0 fully saturated rings. The Hall–Kier alpha value is -5.97. The van der Waals surface area contributed by atoms with Gasteiger partial charge in [-0.3, -0.25) is 5.32 Å². The number of benzene rings is 7. The van der Waals surface area contributed by atoms with Gasteiger partial charge in [0.15, 0.2) is 0 Å². The number of fused-ring (bicyclic) bond motifs is 4. The van der Waals surface area contributed by atoms with Crippen LogP contribution in [0.5, 0.6) is 0 Å². The van der Waals surface area contributed by atoms with Crippen LogP contribution in [0.3, 0.4) is 0 Å². The number of amidine groups is 1. The van der Waals surface area contributed by atoms with Gasteiger partial charge in [-0.2, -0.15) is 0 Å². The van der Waals surface area contributed by atoms with Gasteiger partial charge in [-0.15, -0.1) is 0 Å². The smallest absolute Gasteiger partial charge is 0.136 e. The lowest BCUT2D eigenvalue weighted by molar-refractivity contribution is 0.409. The summed E-state index contributed by atoms with van der Waals surface area (Å²) in [6, 6.07) is 57.5. The first-order valence-electron chi connectivity index (χ1n) is 16.0. The van der Waals surface area contributed by atoms with Crippen molar-refractivity contribution in [2.45, 2.75) is 12.3 Å². The molecule has 0 saturated heterocycles. The Morgan fingerprint density at radius 3 is 2.11 bits per heavy atom. The van der Waals surface area contributed by atoms with Crippen LogP contribution in [-0.2, 0) is 0 Å². The number of hydrogen-bond acceptors (Lipinski definition) is 4. The SMILES string of the molecule is c1ccc(-c2cccc(C3N=C(c4ccccc4-c4cccc5oc6ccccc6c45)NC(c4ccc5ccccc5c4)N3)c2)cc1. The molecule has 2 heterocycles. The normalized spacial score (nSPS) is 16.3. The van der Waals surface area contributed by atoms with Crippen LogP contribution in [-0.4, -0.2) is 5.84 Å². The highest BCUT2D eigenvalue weighted by molar-refractivity contribution is 6.15. The average molecular weight is 606 g/mol. The van der Waals surface area contributed by atoms with Crippen molar-refractivity contribution >= 4 is 38.5 Å². The molecule has 0 amide bonds. The maximum absolute atomic E-state index is 6.28. The first kappa shape index (κ1) is 27.3. The summed E-state index contributed by atoms with van der Waals surface area (Å²) in [5, 5.41) is 12.3. The number of hydrogen-bond donors (Lipinski definition) is 2. The van der Waals surface area contributed by atoms with Crippen molar-refractivity contribution < 1.29 is 4.42 Å². The van der Waals surface area contributed by atoms with Crippen molar-refractivity contribution in [3.05, 3.63) is 180 Å². The number of nitrogens with zero attached hydrogens (tertiary/aromatic N) is 1. The molecule has 47 heavy (non-hydrogen) atoms. The third-order valence-corrected chi connectivity index (χ3v) is 9.16. The van der Waals surface area contributed by atoms with Gasteiger partial charge in [-0.1, -0.05) is 140 Å². The molecular weight excluding hydrogens is 574 g/mol. The Balaban J connectivity index is 1.20. The summed E-state index contributed by atoms with van der Waals surface area (Å²) in [7, 11) is 0. The molecule has 0 spiro atoms. The zero-order valence-electron chi connectivity index (χ0n) is 25.6. The molecular formula is C43H31N3O. The second-order valence-corrected chi connectivity index (χ2v) is 12.0. The highest BCUT2D eigenvalue weighted by Crippen LogP contribution is 2.39. The predicted octanol–water partition coefficient (Wildman–Crippen LogP) is 10.4. The van der Waals surface area contributed by atoms with Crippen LogP contribution in [0.2, 0.25) is 0 Å². The quantitative estimate of drug-likeness (QED) is 0.205. The standard InChI is InChI=1S/C43H31N3O/c1-2-12-28(13-3-1)31-16-10-17-32(26-31)41-44-42(33-25-24-29-14-4-5-15-30(29)27-33)46-43(45-41)36-19-7-6-18-34(36)35-21-11-23-39-40(35)37-20-8-9-22-38(37)47-39/h1-27,41-42,44H,(H,45,46). The second-order valence-electron chi connectivity index (χ2n) is 12.0. The minimum atomic E-state index is -0.273. The number of nitrogens with one attached hydrogen (secondary N) is 2. The number of aliphatic imine (C=N–C) groups is 1. The molecule has 0 saturated carbocycles. The van der Waals surface area contributed by atoms with E-state index in [1.165, 1.54) is 21.9 Å². The second kappa shape index (κ2) is 11.4. The highest BCUT2D eigenvalue weighted by atomic mass is 16.3. The van der Waals surface area contributed by atoms with Crippen LogP contribution in [0.25, 0.3) is 55.0 Å².